The van der Waals surface area contributed by atoms with Gasteiger partial charge in [-0.25, -0.2) is 0 Å². The van der Waals surface area contributed by atoms with E-state index < -0.39 is 0 Å². The zero-order valence-electron chi connectivity index (χ0n) is 4.77. The van der Waals surface area contributed by atoms with Crippen molar-refractivity contribution in [3.63, 3.8) is 0 Å². The molecule has 0 aromatic heterocycles. The maximum Gasteiger partial charge on any atom is 0.133 e. The quantitative estimate of drug-likeness (QED) is 0.482. The molecule has 1 nitrogen and oxygen atoms in total. The number of carbonyl (C=O) groups excluding carboxylic acids is 1. The van der Waals surface area contributed by atoms with E-state index in [0.29, 0.717) is 17.6 Å². The average molecular weight is 98.1 g/mol. The van der Waals surface area contributed by atoms with Crippen LogP contribution in [0.3, 0.4) is 0 Å². The van der Waals surface area contributed by atoms with Crippen LogP contribution in [-0.4, -0.2) is 5.78 Å². The highest BCUT2D eigenvalue weighted by Gasteiger charge is 2.36. The number of ketones is 1. The van der Waals surface area contributed by atoms with Crippen LogP contribution in [0.5, 0.6) is 0 Å². The van der Waals surface area contributed by atoms with Gasteiger partial charge in [-0.1, -0.05) is 6.92 Å². The van der Waals surface area contributed by atoms with Crippen molar-refractivity contribution in [2.45, 2.75) is 20.3 Å². The molecule has 0 N–H and O–H groups in total. The third-order valence-electron chi connectivity index (χ3n) is 1.63. The summed E-state index contributed by atoms with van der Waals surface area (Å²) in [6.45, 7) is 3.79. The molecule has 0 saturated heterocycles. The van der Waals surface area contributed by atoms with Crippen LogP contribution in [0.25, 0.3) is 0 Å². The molecular formula is C6H10O. The fourth-order valence-electron chi connectivity index (χ4n) is 0.889. The Balaban J connectivity index is 2.33. The Bertz CT molecular complexity index is 96.4. The highest BCUT2D eigenvalue weighted by molar-refractivity contribution is 5.80. The standard InChI is InChI=1S/C6H10O/c1-4-3-6(4)5(2)7/h4,6H,3H2,1-2H3/t4-,6+/m1/s1. The molecule has 0 radical (unpaired) electrons. The smallest absolute Gasteiger partial charge is 0.133 e. The average Bonchev–Trinajstić information content (AvgIpc) is 2.17. The molecule has 0 amide bonds. The molecule has 0 unspecified atom stereocenters. The zero-order valence-corrected chi connectivity index (χ0v) is 4.77. The lowest BCUT2D eigenvalue weighted by Gasteiger charge is -1.80. The van der Waals surface area contributed by atoms with Gasteiger partial charge in [-0.05, 0) is 19.3 Å². The highest BCUT2D eigenvalue weighted by atomic mass is 16.1. The number of Topliss-reactive ketones (excluding diaryl/α,β-unsaturated/α-hetero) is 1. The SMILES string of the molecule is CC(=O)[C@H]1C[C@H]1C. The van der Waals surface area contributed by atoms with E-state index in [2.05, 4.69) is 6.92 Å². The van der Waals surface area contributed by atoms with Crippen LogP contribution in [-0.2, 0) is 4.79 Å². The molecule has 1 aliphatic rings. The first-order valence-electron chi connectivity index (χ1n) is 2.72. The Morgan fingerprint density at radius 1 is 1.71 bits per heavy atom. The van der Waals surface area contributed by atoms with Gasteiger partial charge in [0, 0.05) is 5.92 Å². The maximum atomic E-state index is 10.4. The molecule has 1 rings (SSSR count). The Morgan fingerprint density at radius 3 is 2.14 bits per heavy atom. The lowest BCUT2D eigenvalue weighted by molar-refractivity contribution is -0.118. The van der Waals surface area contributed by atoms with E-state index in [4.69, 9.17) is 0 Å². The number of carbonyl (C=O) groups is 1. The lowest BCUT2D eigenvalue weighted by Crippen LogP contribution is -1.92. The molecule has 0 aliphatic heterocycles. The van der Waals surface area contributed by atoms with Crippen molar-refractivity contribution in [1.29, 1.82) is 0 Å². The van der Waals surface area contributed by atoms with E-state index in [1.165, 1.54) is 0 Å². The Labute approximate surface area is 43.7 Å². The summed E-state index contributed by atoms with van der Waals surface area (Å²) in [6.07, 6.45) is 1.13. The van der Waals surface area contributed by atoms with Crippen molar-refractivity contribution in [3.8, 4) is 0 Å². The fourth-order valence-corrected chi connectivity index (χ4v) is 0.889. The topological polar surface area (TPSA) is 17.1 Å². The molecule has 7 heavy (non-hydrogen) atoms. The molecular weight excluding hydrogens is 88.1 g/mol. The van der Waals surface area contributed by atoms with E-state index >= 15 is 0 Å². The summed E-state index contributed by atoms with van der Waals surface area (Å²) in [7, 11) is 0. The molecule has 1 fully saturated rings. The largest absolute Gasteiger partial charge is 0.300 e. The van der Waals surface area contributed by atoms with Crippen molar-refractivity contribution >= 4 is 5.78 Å². The third kappa shape index (κ3) is 0.817. The minimum atomic E-state index is 0.368. The Hall–Kier alpha value is -0.330. The van der Waals surface area contributed by atoms with E-state index in [9.17, 15) is 4.79 Å². The summed E-state index contributed by atoms with van der Waals surface area (Å²) in [6, 6.07) is 0. The molecule has 0 aromatic carbocycles. The number of rotatable bonds is 1. The highest BCUT2D eigenvalue weighted by Crippen LogP contribution is 2.37. The molecule has 0 spiro atoms. The third-order valence-corrected chi connectivity index (χ3v) is 1.63. The van der Waals surface area contributed by atoms with Crippen LogP contribution in [0.1, 0.15) is 20.3 Å². The Morgan fingerprint density at radius 2 is 2.14 bits per heavy atom. The molecule has 1 saturated carbocycles. The minimum absolute atomic E-state index is 0.368. The normalized spacial score (nSPS) is 38.0. The lowest BCUT2D eigenvalue weighted by atomic mass is 10.2. The summed E-state index contributed by atoms with van der Waals surface area (Å²) in [4.78, 5) is 10.4. The van der Waals surface area contributed by atoms with Gasteiger partial charge >= 0.3 is 0 Å². The molecule has 0 bridgehead atoms. The molecule has 0 aromatic rings. The van der Waals surface area contributed by atoms with Crippen molar-refractivity contribution in [2.24, 2.45) is 11.8 Å². The second-order valence-electron chi connectivity index (χ2n) is 2.43. The monoisotopic (exact) mass is 98.1 g/mol. The van der Waals surface area contributed by atoms with Crippen LogP contribution in [0.15, 0.2) is 0 Å². The predicted octanol–water partition coefficient (Wildman–Crippen LogP) is 1.23. The summed E-state index contributed by atoms with van der Waals surface area (Å²) >= 11 is 0. The van der Waals surface area contributed by atoms with Gasteiger partial charge in [-0.3, -0.25) is 4.79 Å². The Kier molecular flexibility index (Phi) is 0.911. The van der Waals surface area contributed by atoms with E-state index in [0.717, 1.165) is 6.42 Å². The van der Waals surface area contributed by atoms with Crippen molar-refractivity contribution in [3.05, 3.63) is 0 Å². The minimum Gasteiger partial charge on any atom is -0.300 e. The van der Waals surface area contributed by atoms with Gasteiger partial charge in [-0.2, -0.15) is 0 Å². The van der Waals surface area contributed by atoms with Gasteiger partial charge < -0.3 is 0 Å². The van der Waals surface area contributed by atoms with Gasteiger partial charge in [0.25, 0.3) is 0 Å². The fraction of sp³-hybridized carbons (Fsp3) is 0.833. The van der Waals surface area contributed by atoms with Gasteiger partial charge in [0.2, 0.25) is 0 Å². The van der Waals surface area contributed by atoms with E-state index in [-0.39, 0.29) is 0 Å². The molecule has 1 aliphatic carbocycles. The maximum absolute atomic E-state index is 10.4. The van der Waals surface area contributed by atoms with Crippen molar-refractivity contribution in [2.75, 3.05) is 0 Å². The zero-order chi connectivity index (χ0) is 5.44. The first-order valence-corrected chi connectivity index (χ1v) is 2.72. The summed E-state index contributed by atoms with van der Waals surface area (Å²) in [5, 5.41) is 0. The van der Waals surface area contributed by atoms with Crippen molar-refractivity contribution in [1.82, 2.24) is 0 Å². The first kappa shape index (κ1) is 4.82. The first-order chi connectivity index (χ1) is 3.22. The van der Waals surface area contributed by atoms with Crippen LogP contribution in [0, 0.1) is 11.8 Å². The summed E-state index contributed by atoms with van der Waals surface area (Å²) in [5.41, 5.74) is 0. The number of hydrogen-bond acceptors (Lipinski definition) is 1. The van der Waals surface area contributed by atoms with E-state index in [1.807, 2.05) is 0 Å². The number of hydrogen-bond donors (Lipinski definition) is 0. The van der Waals surface area contributed by atoms with Crippen LogP contribution >= 0.6 is 0 Å². The summed E-state index contributed by atoms with van der Waals surface area (Å²) in [5.74, 6) is 1.49. The van der Waals surface area contributed by atoms with Gasteiger partial charge in [-0.15, -0.1) is 0 Å². The predicted molar refractivity (Wildman–Crippen MR) is 28.0 cm³/mol. The molecule has 40 valence electrons. The van der Waals surface area contributed by atoms with Gasteiger partial charge in [0.05, 0.1) is 0 Å². The molecule has 1 heteroatoms. The second kappa shape index (κ2) is 1.32. The van der Waals surface area contributed by atoms with Crippen LogP contribution in [0.2, 0.25) is 0 Å². The van der Waals surface area contributed by atoms with Gasteiger partial charge in [0.1, 0.15) is 5.78 Å². The van der Waals surface area contributed by atoms with Crippen molar-refractivity contribution < 1.29 is 4.79 Å². The van der Waals surface area contributed by atoms with Crippen LogP contribution in [0.4, 0.5) is 0 Å². The second-order valence-corrected chi connectivity index (χ2v) is 2.43. The summed E-state index contributed by atoms with van der Waals surface area (Å²) < 4.78 is 0. The van der Waals surface area contributed by atoms with E-state index in [1.54, 1.807) is 6.92 Å². The van der Waals surface area contributed by atoms with Crippen LogP contribution < -0.4 is 0 Å². The molecule has 0 heterocycles. The van der Waals surface area contributed by atoms with Gasteiger partial charge in [0.15, 0.2) is 0 Å². The molecule has 2 atom stereocenters.